The second-order valence-corrected chi connectivity index (χ2v) is 8.99. The lowest BCUT2D eigenvalue weighted by Gasteiger charge is -2.36. The van der Waals surface area contributed by atoms with Gasteiger partial charge in [0.05, 0.1) is 23.4 Å². The first-order valence-electron chi connectivity index (χ1n) is 7.33. The van der Waals surface area contributed by atoms with Crippen LogP contribution in [-0.4, -0.2) is 43.0 Å². The molecule has 1 aliphatic rings. The highest BCUT2D eigenvalue weighted by molar-refractivity contribution is 7.91. The first-order valence-corrected chi connectivity index (χ1v) is 9.15. The fourth-order valence-electron chi connectivity index (χ4n) is 2.54. The normalized spacial score (nSPS) is 22.3. The fraction of sp³-hybridized carbons (Fsp3) is 0.667. The van der Waals surface area contributed by atoms with E-state index in [2.05, 4.69) is 36.0 Å². The predicted octanol–water partition coefficient (Wildman–Crippen LogP) is 1.59. The van der Waals surface area contributed by atoms with E-state index in [9.17, 15) is 8.42 Å². The predicted molar refractivity (Wildman–Crippen MR) is 86.3 cm³/mol. The Kier molecular flexibility index (Phi) is 4.58. The standard InChI is InChI=1S/C15H25N3O2S/c1-12-11-21(19,20)8-7-18(12)14-10-16-6-5-13(14)9-17-15(2,3)4/h5-6,10,12,17H,7-9,11H2,1-4H3. The van der Waals surface area contributed by atoms with Crippen LogP contribution in [0, 0.1) is 0 Å². The highest BCUT2D eigenvalue weighted by Gasteiger charge is 2.29. The summed E-state index contributed by atoms with van der Waals surface area (Å²) in [5, 5.41) is 3.48. The molecule has 1 fully saturated rings. The zero-order chi connectivity index (χ0) is 15.7. The van der Waals surface area contributed by atoms with Crippen LogP contribution in [-0.2, 0) is 16.4 Å². The van der Waals surface area contributed by atoms with Gasteiger partial charge in [-0.25, -0.2) is 8.42 Å². The van der Waals surface area contributed by atoms with Crippen LogP contribution in [0.2, 0.25) is 0 Å². The van der Waals surface area contributed by atoms with Crippen LogP contribution in [0.25, 0.3) is 0 Å². The number of rotatable bonds is 3. The van der Waals surface area contributed by atoms with Gasteiger partial charge in [0.25, 0.3) is 0 Å². The lowest BCUT2D eigenvalue weighted by molar-refractivity contribution is 0.424. The van der Waals surface area contributed by atoms with Crippen molar-refractivity contribution < 1.29 is 8.42 Å². The molecule has 0 aliphatic carbocycles. The van der Waals surface area contributed by atoms with Crippen LogP contribution >= 0.6 is 0 Å². The van der Waals surface area contributed by atoms with Crippen LogP contribution in [0.1, 0.15) is 33.3 Å². The Morgan fingerprint density at radius 2 is 2.14 bits per heavy atom. The van der Waals surface area contributed by atoms with Gasteiger partial charge in [-0.3, -0.25) is 4.98 Å². The molecule has 2 rings (SSSR count). The van der Waals surface area contributed by atoms with E-state index in [0.717, 1.165) is 17.8 Å². The molecule has 1 aromatic rings. The van der Waals surface area contributed by atoms with Gasteiger partial charge in [0.1, 0.15) is 0 Å². The van der Waals surface area contributed by atoms with E-state index in [1.54, 1.807) is 6.20 Å². The molecule has 0 saturated carbocycles. The van der Waals surface area contributed by atoms with Gasteiger partial charge in [0.2, 0.25) is 0 Å². The van der Waals surface area contributed by atoms with Crippen LogP contribution in [0.4, 0.5) is 5.69 Å². The van der Waals surface area contributed by atoms with Gasteiger partial charge in [-0.1, -0.05) is 0 Å². The maximum Gasteiger partial charge on any atom is 0.154 e. The van der Waals surface area contributed by atoms with E-state index >= 15 is 0 Å². The van der Waals surface area contributed by atoms with Gasteiger partial charge < -0.3 is 10.2 Å². The molecule has 1 atom stereocenters. The van der Waals surface area contributed by atoms with E-state index in [-0.39, 0.29) is 23.1 Å². The summed E-state index contributed by atoms with van der Waals surface area (Å²) in [4.78, 5) is 6.38. The second-order valence-electron chi connectivity index (χ2n) is 6.76. The van der Waals surface area contributed by atoms with Crippen molar-refractivity contribution >= 4 is 15.5 Å². The van der Waals surface area contributed by atoms with Gasteiger partial charge in [0.15, 0.2) is 9.84 Å². The monoisotopic (exact) mass is 311 g/mol. The quantitative estimate of drug-likeness (QED) is 0.918. The molecule has 0 aromatic carbocycles. The van der Waals surface area contributed by atoms with E-state index in [1.165, 1.54) is 0 Å². The Balaban J connectivity index is 2.20. The molecule has 6 heteroatoms. The van der Waals surface area contributed by atoms with E-state index < -0.39 is 9.84 Å². The molecule has 0 radical (unpaired) electrons. The maximum atomic E-state index is 11.7. The van der Waals surface area contributed by atoms with Gasteiger partial charge in [-0.2, -0.15) is 0 Å². The zero-order valence-electron chi connectivity index (χ0n) is 13.3. The van der Waals surface area contributed by atoms with Crippen LogP contribution in [0.5, 0.6) is 0 Å². The lowest BCUT2D eigenvalue weighted by atomic mass is 10.1. The van der Waals surface area contributed by atoms with E-state index in [4.69, 9.17) is 0 Å². The fourth-order valence-corrected chi connectivity index (χ4v) is 4.10. The number of aromatic nitrogens is 1. The maximum absolute atomic E-state index is 11.7. The summed E-state index contributed by atoms with van der Waals surface area (Å²) < 4.78 is 23.5. The van der Waals surface area contributed by atoms with Crippen molar-refractivity contribution in [1.29, 1.82) is 0 Å². The molecule has 5 nitrogen and oxygen atoms in total. The van der Waals surface area contributed by atoms with Crippen LogP contribution in [0.15, 0.2) is 18.5 Å². The first kappa shape index (κ1) is 16.2. The SMILES string of the molecule is CC1CS(=O)(=O)CCN1c1cnccc1CNC(C)(C)C. The molecule has 1 N–H and O–H groups in total. The molecular weight excluding hydrogens is 286 g/mol. The minimum absolute atomic E-state index is 0.0127. The molecule has 1 aliphatic heterocycles. The Labute approximate surface area is 127 Å². The number of nitrogens with one attached hydrogen (secondary N) is 1. The Hall–Kier alpha value is -1.14. The topological polar surface area (TPSA) is 62.3 Å². The summed E-state index contributed by atoms with van der Waals surface area (Å²) in [6, 6.07) is 1.99. The Bertz CT molecular complexity index is 593. The highest BCUT2D eigenvalue weighted by atomic mass is 32.2. The molecule has 1 aromatic heterocycles. The summed E-state index contributed by atoms with van der Waals surface area (Å²) in [6.45, 7) is 9.64. The molecule has 0 bridgehead atoms. The molecule has 1 saturated heterocycles. The zero-order valence-corrected chi connectivity index (χ0v) is 14.1. The van der Waals surface area contributed by atoms with Crippen molar-refractivity contribution in [3.63, 3.8) is 0 Å². The smallest absolute Gasteiger partial charge is 0.154 e. The molecule has 2 heterocycles. The second kappa shape index (κ2) is 5.93. The number of pyridine rings is 1. The number of hydrogen-bond acceptors (Lipinski definition) is 5. The minimum Gasteiger partial charge on any atom is -0.365 e. The van der Waals surface area contributed by atoms with Gasteiger partial charge in [-0.05, 0) is 39.3 Å². The third-order valence-corrected chi connectivity index (χ3v) is 5.47. The van der Waals surface area contributed by atoms with Crippen LogP contribution < -0.4 is 10.2 Å². The number of anilines is 1. The number of nitrogens with zero attached hydrogens (tertiary/aromatic N) is 2. The molecule has 0 spiro atoms. The summed E-state index contributed by atoms with van der Waals surface area (Å²) in [6.07, 6.45) is 3.63. The summed E-state index contributed by atoms with van der Waals surface area (Å²) in [5.41, 5.74) is 2.24. The average Bonchev–Trinajstić information content (AvgIpc) is 2.35. The minimum atomic E-state index is -2.90. The van der Waals surface area contributed by atoms with E-state index in [0.29, 0.717) is 6.54 Å². The first-order chi connectivity index (χ1) is 9.68. The van der Waals surface area contributed by atoms with Crippen molar-refractivity contribution in [2.75, 3.05) is 23.0 Å². The average molecular weight is 311 g/mol. The van der Waals surface area contributed by atoms with Crippen molar-refractivity contribution in [3.05, 3.63) is 24.0 Å². The van der Waals surface area contributed by atoms with Crippen molar-refractivity contribution in [2.24, 2.45) is 0 Å². The van der Waals surface area contributed by atoms with Gasteiger partial charge in [-0.15, -0.1) is 0 Å². The van der Waals surface area contributed by atoms with E-state index in [1.807, 2.05) is 19.2 Å². The van der Waals surface area contributed by atoms with Crippen LogP contribution in [0.3, 0.4) is 0 Å². The van der Waals surface area contributed by atoms with Gasteiger partial charge in [0, 0.05) is 30.9 Å². The Morgan fingerprint density at radius 3 is 2.76 bits per heavy atom. The molecule has 118 valence electrons. The third-order valence-electron chi connectivity index (χ3n) is 3.68. The van der Waals surface area contributed by atoms with Crippen molar-refractivity contribution in [3.8, 4) is 0 Å². The third kappa shape index (κ3) is 4.41. The molecular formula is C15H25N3O2S. The highest BCUT2D eigenvalue weighted by Crippen LogP contribution is 2.25. The summed E-state index contributed by atoms with van der Waals surface area (Å²) >= 11 is 0. The van der Waals surface area contributed by atoms with Crippen molar-refractivity contribution in [1.82, 2.24) is 10.3 Å². The molecule has 0 amide bonds. The summed E-state index contributed by atoms with van der Waals surface area (Å²) in [7, 11) is -2.90. The molecule has 21 heavy (non-hydrogen) atoms. The number of hydrogen-bond donors (Lipinski definition) is 1. The molecule has 1 unspecified atom stereocenters. The Morgan fingerprint density at radius 1 is 1.43 bits per heavy atom. The number of sulfone groups is 1. The largest absolute Gasteiger partial charge is 0.365 e. The van der Waals surface area contributed by atoms with Gasteiger partial charge >= 0.3 is 0 Å². The summed E-state index contributed by atoms with van der Waals surface area (Å²) in [5.74, 6) is 0.437. The lowest BCUT2D eigenvalue weighted by Crippen LogP contribution is -2.47. The van der Waals surface area contributed by atoms with Crippen molar-refractivity contribution in [2.45, 2.75) is 45.8 Å².